The van der Waals surface area contributed by atoms with Crippen LogP contribution in [0, 0.1) is 0 Å². The highest BCUT2D eigenvalue weighted by Gasteiger charge is 2.38. The second-order valence-electron chi connectivity index (χ2n) is 4.30. The third-order valence-corrected chi connectivity index (χ3v) is 2.94. The van der Waals surface area contributed by atoms with Crippen molar-refractivity contribution < 1.29 is 27.9 Å². The second kappa shape index (κ2) is 5.43. The highest BCUT2D eigenvalue weighted by atomic mass is 19.4. The molecule has 0 saturated heterocycles. The molecule has 2 aromatic carbocycles. The SMILES string of the molecule is O=C(O)c1cccc2c(CNC(=O)C(F)(F)F)cccc12. The fourth-order valence-electron chi connectivity index (χ4n) is 1.99. The van der Waals surface area contributed by atoms with E-state index in [4.69, 9.17) is 5.11 Å². The summed E-state index contributed by atoms with van der Waals surface area (Å²) in [6, 6.07) is 9.13. The molecule has 110 valence electrons. The lowest BCUT2D eigenvalue weighted by molar-refractivity contribution is -0.173. The van der Waals surface area contributed by atoms with Gasteiger partial charge in [-0.3, -0.25) is 4.79 Å². The summed E-state index contributed by atoms with van der Waals surface area (Å²) < 4.78 is 36.4. The summed E-state index contributed by atoms with van der Waals surface area (Å²) in [4.78, 5) is 21.9. The van der Waals surface area contributed by atoms with E-state index in [1.165, 1.54) is 24.3 Å². The summed E-state index contributed by atoms with van der Waals surface area (Å²) in [5.74, 6) is -3.16. The van der Waals surface area contributed by atoms with E-state index in [1.807, 2.05) is 0 Å². The summed E-state index contributed by atoms with van der Waals surface area (Å²) in [6.45, 7) is -0.335. The van der Waals surface area contributed by atoms with Crippen molar-refractivity contribution in [2.24, 2.45) is 0 Å². The molecule has 0 bridgehead atoms. The number of hydrogen-bond acceptors (Lipinski definition) is 2. The van der Waals surface area contributed by atoms with Crippen LogP contribution in [0.2, 0.25) is 0 Å². The lowest BCUT2D eigenvalue weighted by atomic mass is 10.00. The normalized spacial score (nSPS) is 11.4. The predicted molar refractivity (Wildman–Crippen MR) is 68.8 cm³/mol. The average Bonchev–Trinajstić information content (AvgIpc) is 2.42. The summed E-state index contributed by atoms with van der Waals surface area (Å²) >= 11 is 0. The van der Waals surface area contributed by atoms with Crippen molar-refractivity contribution in [3.8, 4) is 0 Å². The summed E-state index contributed by atoms with van der Waals surface area (Å²) in [5.41, 5.74) is 0.463. The molecular weight excluding hydrogens is 287 g/mol. The van der Waals surface area contributed by atoms with Crippen LogP contribution in [0.5, 0.6) is 0 Å². The minimum Gasteiger partial charge on any atom is -0.478 e. The molecule has 0 aromatic heterocycles. The summed E-state index contributed by atoms with van der Waals surface area (Å²) in [6.07, 6.45) is -4.95. The number of carbonyl (C=O) groups is 2. The Hall–Kier alpha value is -2.57. The minimum atomic E-state index is -4.95. The Morgan fingerprint density at radius 3 is 2.29 bits per heavy atom. The Morgan fingerprint density at radius 2 is 1.67 bits per heavy atom. The van der Waals surface area contributed by atoms with Crippen LogP contribution in [-0.2, 0) is 11.3 Å². The monoisotopic (exact) mass is 297 g/mol. The molecule has 2 aromatic rings. The zero-order chi connectivity index (χ0) is 15.6. The quantitative estimate of drug-likeness (QED) is 0.915. The number of rotatable bonds is 3. The van der Waals surface area contributed by atoms with Gasteiger partial charge < -0.3 is 10.4 Å². The number of carboxylic acids is 1. The molecule has 21 heavy (non-hydrogen) atoms. The number of halogens is 3. The van der Waals surface area contributed by atoms with Gasteiger partial charge in [0.15, 0.2) is 0 Å². The molecule has 0 aliphatic carbocycles. The number of hydrogen-bond donors (Lipinski definition) is 2. The summed E-state index contributed by atoms with van der Waals surface area (Å²) in [7, 11) is 0. The first-order valence-electron chi connectivity index (χ1n) is 5.89. The van der Waals surface area contributed by atoms with E-state index in [0.29, 0.717) is 16.3 Å². The van der Waals surface area contributed by atoms with Gasteiger partial charge in [0.25, 0.3) is 0 Å². The van der Waals surface area contributed by atoms with Crippen LogP contribution in [0.3, 0.4) is 0 Å². The van der Waals surface area contributed by atoms with Crippen LogP contribution in [0.4, 0.5) is 13.2 Å². The number of carboxylic acid groups (broad SMARTS) is 1. The Labute approximate surface area is 117 Å². The van der Waals surface area contributed by atoms with E-state index < -0.39 is 18.1 Å². The van der Waals surface area contributed by atoms with E-state index in [0.717, 1.165) is 0 Å². The van der Waals surface area contributed by atoms with Crippen molar-refractivity contribution in [2.75, 3.05) is 0 Å². The van der Waals surface area contributed by atoms with Crippen LogP contribution < -0.4 is 5.32 Å². The van der Waals surface area contributed by atoms with Gasteiger partial charge in [0.2, 0.25) is 0 Å². The van der Waals surface area contributed by atoms with Gasteiger partial charge in [-0.15, -0.1) is 0 Å². The number of amides is 1. The molecule has 0 spiro atoms. The van der Waals surface area contributed by atoms with Gasteiger partial charge in [0.1, 0.15) is 0 Å². The number of alkyl halides is 3. The Morgan fingerprint density at radius 1 is 1.05 bits per heavy atom. The Kier molecular flexibility index (Phi) is 3.84. The molecule has 2 N–H and O–H groups in total. The van der Waals surface area contributed by atoms with Crippen LogP contribution >= 0.6 is 0 Å². The van der Waals surface area contributed by atoms with Gasteiger partial charge in [0.05, 0.1) is 5.56 Å². The molecule has 0 unspecified atom stereocenters. The van der Waals surface area contributed by atoms with Crippen LogP contribution in [0.1, 0.15) is 15.9 Å². The lowest BCUT2D eigenvalue weighted by Crippen LogP contribution is -2.36. The molecule has 0 saturated carbocycles. The van der Waals surface area contributed by atoms with Gasteiger partial charge in [-0.05, 0) is 22.4 Å². The van der Waals surface area contributed by atoms with Crippen molar-refractivity contribution in [3.05, 3.63) is 47.5 Å². The maximum Gasteiger partial charge on any atom is 0.471 e. The molecule has 0 radical (unpaired) electrons. The minimum absolute atomic E-state index is 0.0523. The van der Waals surface area contributed by atoms with E-state index in [1.54, 1.807) is 17.4 Å². The lowest BCUT2D eigenvalue weighted by Gasteiger charge is -2.11. The predicted octanol–water partition coefficient (Wildman–Crippen LogP) is 2.72. The maximum atomic E-state index is 12.1. The molecule has 0 aliphatic heterocycles. The van der Waals surface area contributed by atoms with Gasteiger partial charge >= 0.3 is 18.1 Å². The third-order valence-electron chi connectivity index (χ3n) is 2.94. The molecule has 4 nitrogen and oxygen atoms in total. The first kappa shape index (κ1) is 14.8. The van der Waals surface area contributed by atoms with E-state index in [9.17, 15) is 22.8 Å². The van der Waals surface area contributed by atoms with Gasteiger partial charge in [-0.2, -0.15) is 13.2 Å². The molecular formula is C14H10F3NO3. The topological polar surface area (TPSA) is 66.4 Å². The van der Waals surface area contributed by atoms with Crippen LogP contribution in [0.15, 0.2) is 36.4 Å². The van der Waals surface area contributed by atoms with Gasteiger partial charge in [-0.25, -0.2) is 4.79 Å². The molecule has 0 atom stereocenters. The molecule has 7 heteroatoms. The zero-order valence-corrected chi connectivity index (χ0v) is 10.6. The molecule has 2 rings (SSSR count). The highest BCUT2D eigenvalue weighted by molar-refractivity contribution is 6.04. The number of carbonyl (C=O) groups excluding carboxylic acids is 1. The van der Waals surface area contributed by atoms with E-state index in [-0.39, 0.29) is 12.1 Å². The van der Waals surface area contributed by atoms with Crippen molar-refractivity contribution in [2.45, 2.75) is 12.7 Å². The number of fused-ring (bicyclic) bond motifs is 1. The van der Waals surface area contributed by atoms with Crippen LogP contribution in [0.25, 0.3) is 10.8 Å². The fourth-order valence-corrected chi connectivity index (χ4v) is 1.99. The molecule has 0 aliphatic rings. The fraction of sp³-hybridized carbons (Fsp3) is 0.143. The molecule has 0 fully saturated rings. The maximum absolute atomic E-state index is 12.1. The largest absolute Gasteiger partial charge is 0.478 e. The van der Waals surface area contributed by atoms with Crippen molar-refractivity contribution in [1.29, 1.82) is 0 Å². The van der Waals surface area contributed by atoms with Gasteiger partial charge in [0, 0.05) is 6.54 Å². The molecule has 1 amide bonds. The Bertz CT molecular complexity index is 710. The molecule has 0 heterocycles. The summed E-state index contributed by atoms with van der Waals surface area (Å²) in [5, 5.41) is 11.7. The van der Waals surface area contributed by atoms with Gasteiger partial charge in [-0.1, -0.05) is 30.3 Å². The second-order valence-corrected chi connectivity index (χ2v) is 4.30. The Balaban J connectivity index is 2.36. The first-order valence-corrected chi connectivity index (χ1v) is 5.89. The van der Waals surface area contributed by atoms with Crippen molar-refractivity contribution in [3.63, 3.8) is 0 Å². The van der Waals surface area contributed by atoms with E-state index in [2.05, 4.69) is 0 Å². The standard InChI is InChI=1S/C14H10F3NO3/c15-14(16,17)13(21)18-7-8-3-1-5-10-9(8)4-2-6-11(10)12(19)20/h1-6H,7H2,(H,18,21)(H,19,20). The number of nitrogens with one attached hydrogen (secondary N) is 1. The number of benzene rings is 2. The number of aromatic carboxylic acids is 1. The smallest absolute Gasteiger partial charge is 0.471 e. The van der Waals surface area contributed by atoms with Crippen molar-refractivity contribution in [1.82, 2.24) is 5.32 Å². The van der Waals surface area contributed by atoms with Crippen LogP contribution in [-0.4, -0.2) is 23.2 Å². The first-order chi connectivity index (χ1) is 9.80. The van der Waals surface area contributed by atoms with Crippen molar-refractivity contribution >= 4 is 22.6 Å². The van der Waals surface area contributed by atoms with E-state index >= 15 is 0 Å². The zero-order valence-electron chi connectivity index (χ0n) is 10.6. The third kappa shape index (κ3) is 3.13. The highest BCUT2D eigenvalue weighted by Crippen LogP contribution is 2.23. The average molecular weight is 297 g/mol.